The highest BCUT2D eigenvalue weighted by atomic mass is 32.1. The third-order valence-electron chi connectivity index (χ3n) is 1.68. The number of rotatable bonds is 1. The number of benzene rings is 1. The van der Waals surface area contributed by atoms with Crippen molar-refractivity contribution in [2.24, 2.45) is 0 Å². The highest BCUT2D eigenvalue weighted by Gasteiger charge is 2.17. The van der Waals surface area contributed by atoms with Crippen LogP contribution in [0.25, 0.3) is 10.2 Å². The molecule has 0 aliphatic carbocycles. The van der Waals surface area contributed by atoms with Crippen molar-refractivity contribution < 1.29 is 17.9 Å². The van der Waals surface area contributed by atoms with E-state index in [1.54, 1.807) is 0 Å². The number of thiazole rings is 1. The van der Waals surface area contributed by atoms with Crippen LogP contribution in [0.2, 0.25) is 0 Å². The van der Waals surface area contributed by atoms with E-state index in [4.69, 9.17) is 4.74 Å². The molecular weight excluding hydrogens is 215 g/mol. The van der Waals surface area contributed by atoms with Gasteiger partial charge in [-0.1, -0.05) is 11.3 Å². The van der Waals surface area contributed by atoms with Crippen LogP contribution >= 0.6 is 11.3 Å². The maximum Gasteiger partial charge on any atom is 0.274 e. The molecule has 0 amide bonds. The van der Waals surface area contributed by atoms with Crippen LogP contribution in [0.15, 0.2) is 6.07 Å². The van der Waals surface area contributed by atoms with Crippen LogP contribution in [0, 0.1) is 17.5 Å². The quantitative estimate of drug-likeness (QED) is 0.688. The average Bonchev–Trinajstić information content (AvgIpc) is 2.57. The van der Waals surface area contributed by atoms with E-state index in [0.717, 1.165) is 17.4 Å². The molecule has 0 fully saturated rings. The molecule has 6 heteroatoms. The summed E-state index contributed by atoms with van der Waals surface area (Å²) in [5, 5.41) is 0.170. The number of nitrogens with zero attached hydrogens (tertiary/aromatic N) is 1. The second kappa shape index (κ2) is 3.13. The molecule has 0 bridgehead atoms. The van der Waals surface area contributed by atoms with Crippen LogP contribution in [0.1, 0.15) is 0 Å². The smallest absolute Gasteiger partial charge is 0.274 e. The molecule has 0 saturated heterocycles. The zero-order chi connectivity index (χ0) is 10.3. The van der Waals surface area contributed by atoms with Crippen LogP contribution in [0.4, 0.5) is 13.2 Å². The third-order valence-corrected chi connectivity index (χ3v) is 2.64. The number of hydrogen-bond donors (Lipinski definition) is 0. The first kappa shape index (κ1) is 9.26. The molecule has 74 valence electrons. The highest BCUT2D eigenvalue weighted by Crippen LogP contribution is 2.31. The number of fused-ring (bicyclic) bond motifs is 1. The fourth-order valence-corrected chi connectivity index (χ4v) is 1.84. The Bertz CT molecular complexity index is 497. The molecule has 0 radical (unpaired) electrons. The summed E-state index contributed by atoms with van der Waals surface area (Å²) in [5.41, 5.74) is -0.203. The molecule has 0 unspecified atom stereocenters. The molecular formula is C8H4F3NOS. The third kappa shape index (κ3) is 1.22. The van der Waals surface area contributed by atoms with Gasteiger partial charge in [0.1, 0.15) is 5.52 Å². The Balaban J connectivity index is 2.81. The molecule has 2 rings (SSSR count). The van der Waals surface area contributed by atoms with Crippen molar-refractivity contribution in [2.45, 2.75) is 0 Å². The van der Waals surface area contributed by atoms with Crippen LogP contribution in [-0.2, 0) is 0 Å². The standard InChI is InChI=1S/C8H4F3NOS/c1-13-8-12-7-4(14-8)2-3(9)5(10)6(7)11/h2H,1H3. The summed E-state index contributed by atoms with van der Waals surface area (Å²) >= 11 is 0.954. The van der Waals surface area contributed by atoms with Gasteiger partial charge in [-0.3, -0.25) is 0 Å². The first-order valence-corrected chi connectivity index (χ1v) is 4.43. The van der Waals surface area contributed by atoms with Crippen molar-refractivity contribution in [2.75, 3.05) is 7.11 Å². The highest BCUT2D eigenvalue weighted by molar-refractivity contribution is 7.20. The predicted molar refractivity (Wildman–Crippen MR) is 46.0 cm³/mol. The van der Waals surface area contributed by atoms with E-state index in [0.29, 0.717) is 0 Å². The van der Waals surface area contributed by atoms with Crippen molar-refractivity contribution in [3.05, 3.63) is 23.5 Å². The number of ether oxygens (including phenoxy) is 1. The lowest BCUT2D eigenvalue weighted by molar-refractivity contribution is 0.411. The van der Waals surface area contributed by atoms with Crippen molar-refractivity contribution in [3.63, 3.8) is 0 Å². The fourth-order valence-electron chi connectivity index (χ4n) is 1.04. The Morgan fingerprint density at radius 3 is 2.64 bits per heavy atom. The Hall–Kier alpha value is -1.30. The van der Waals surface area contributed by atoms with Crippen LogP contribution < -0.4 is 4.74 Å². The monoisotopic (exact) mass is 219 g/mol. The summed E-state index contributed by atoms with van der Waals surface area (Å²) < 4.78 is 43.5. The molecule has 0 atom stereocenters. The van der Waals surface area contributed by atoms with E-state index in [2.05, 4.69) is 4.98 Å². The topological polar surface area (TPSA) is 22.1 Å². The largest absolute Gasteiger partial charge is 0.473 e. The van der Waals surface area contributed by atoms with Gasteiger partial charge in [-0.15, -0.1) is 0 Å². The number of aromatic nitrogens is 1. The minimum atomic E-state index is -1.51. The Kier molecular flexibility index (Phi) is 2.07. The Labute approximate surface area is 80.9 Å². The van der Waals surface area contributed by atoms with Gasteiger partial charge in [0.2, 0.25) is 0 Å². The van der Waals surface area contributed by atoms with Gasteiger partial charge in [0.25, 0.3) is 5.19 Å². The SMILES string of the molecule is COc1nc2c(F)c(F)c(F)cc2s1. The predicted octanol–water partition coefficient (Wildman–Crippen LogP) is 2.72. The molecule has 0 aliphatic heterocycles. The Morgan fingerprint density at radius 1 is 1.29 bits per heavy atom. The van der Waals surface area contributed by atoms with Gasteiger partial charge in [-0.2, -0.15) is 4.98 Å². The molecule has 1 aromatic heterocycles. The zero-order valence-electron chi connectivity index (χ0n) is 6.97. The summed E-state index contributed by atoms with van der Waals surface area (Å²) in [7, 11) is 1.35. The maximum atomic E-state index is 13.1. The first-order chi connectivity index (χ1) is 6.63. The van der Waals surface area contributed by atoms with Gasteiger partial charge in [0.15, 0.2) is 17.5 Å². The lowest BCUT2D eigenvalue weighted by Crippen LogP contribution is -1.90. The minimum Gasteiger partial charge on any atom is -0.473 e. The summed E-state index contributed by atoms with van der Waals surface area (Å²) in [5.74, 6) is -4.01. The molecule has 0 spiro atoms. The molecule has 2 aromatic rings. The van der Waals surface area contributed by atoms with E-state index in [1.165, 1.54) is 7.11 Å². The average molecular weight is 219 g/mol. The second-order valence-electron chi connectivity index (χ2n) is 2.52. The molecule has 1 aromatic carbocycles. The van der Waals surface area contributed by atoms with Crippen LogP contribution in [0.5, 0.6) is 5.19 Å². The summed E-state index contributed by atoms with van der Waals surface area (Å²) in [4.78, 5) is 3.65. The van der Waals surface area contributed by atoms with Gasteiger partial charge in [-0.25, -0.2) is 13.2 Å². The van der Waals surface area contributed by atoms with Crippen molar-refractivity contribution in [1.82, 2.24) is 4.98 Å². The second-order valence-corrected chi connectivity index (χ2v) is 3.51. The zero-order valence-corrected chi connectivity index (χ0v) is 7.79. The molecule has 0 saturated carbocycles. The Morgan fingerprint density at radius 2 is 2.00 bits per heavy atom. The number of halogens is 3. The van der Waals surface area contributed by atoms with E-state index >= 15 is 0 Å². The van der Waals surface area contributed by atoms with Crippen molar-refractivity contribution >= 4 is 21.6 Å². The van der Waals surface area contributed by atoms with Crippen molar-refractivity contribution in [3.8, 4) is 5.19 Å². The lowest BCUT2D eigenvalue weighted by Gasteiger charge is -1.94. The van der Waals surface area contributed by atoms with Gasteiger partial charge >= 0.3 is 0 Å². The van der Waals surface area contributed by atoms with E-state index in [1.807, 2.05) is 0 Å². The van der Waals surface area contributed by atoms with Gasteiger partial charge in [-0.05, 0) is 6.07 Å². The molecule has 2 nitrogen and oxygen atoms in total. The number of methoxy groups -OCH3 is 1. The molecule has 0 aliphatic rings. The molecule has 14 heavy (non-hydrogen) atoms. The normalized spacial score (nSPS) is 10.9. The summed E-state index contributed by atoms with van der Waals surface area (Å²) in [6, 6.07) is 0.897. The summed E-state index contributed by atoms with van der Waals surface area (Å²) in [6.45, 7) is 0. The maximum absolute atomic E-state index is 13.1. The molecule has 0 N–H and O–H groups in total. The first-order valence-electron chi connectivity index (χ1n) is 3.61. The minimum absolute atomic E-state index is 0.170. The lowest BCUT2D eigenvalue weighted by atomic mass is 10.3. The fraction of sp³-hybridized carbons (Fsp3) is 0.125. The summed E-state index contributed by atoms with van der Waals surface area (Å²) in [6.07, 6.45) is 0. The van der Waals surface area contributed by atoms with Crippen molar-refractivity contribution in [1.29, 1.82) is 0 Å². The van der Waals surface area contributed by atoms with E-state index < -0.39 is 17.5 Å². The molecule has 1 heterocycles. The van der Waals surface area contributed by atoms with Gasteiger partial charge in [0, 0.05) is 0 Å². The van der Waals surface area contributed by atoms with Gasteiger partial charge in [0.05, 0.1) is 11.8 Å². The van der Waals surface area contributed by atoms with E-state index in [-0.39, 0.29) is 15.4 Å². The van der Waals surface area contributed by atoms with E-state index in [9.17, 15) is 13.2 Å². The van der Waals surface area contributed by atoms with Crippen LogP contribution in [0.3, 0.4) is 0 Å². The van der Waals surface area contributed by atoms with Gasteiger partial charge < -0.3 is 4.74 Å². The van der Waals surface area contributed by atoms with Crippen LogP contribution in [-0.4, -0.2) is 12.1 Å². The number of hydrogen-bond acceptors (Lipinski definition) is 3.